The van der Waals surface area contributed by atoms with Crippen LogP contribution in [0.15, 0.2) is 54.6 Å². The molecule has 3 rings (SSSR count). The van der Waals surface area contributed by atoms with E-state index >= 15 is 0 Å². The molecule has 0 bridgehead atoms. The molecular weight excluding hydrogens is 306 g/mol. The number of ether oxygens (including phenoxy) is 1. The standard InChI is InChI=1S/C19H19NO4/c21-17(22)15-7-4-8-16(11-15)19(9-10-19)13-20-18(23)24-12-14-5-2-1-3-6-14/h1-8,11H,9-10,12-13H2,(H,20,23)(H,21,22). The predicted molar refractivity (Wildman–Crippen MR) is 88.9 cm³/mol. The van der Waals surface area contributed by atoms with Crippen molar-refractivity contribution in [2.45, 2.75) is 24.9 Å². The van der Waals surface area contributed by atoms with Gasteiger partial charge in [-0.05, 0) is 36.1 Å². The molecule has 0 atom stereocenters. The molecule has 0 aromatic heterocycles. The molecule has 2 aromatic carbocycles. The van der Waals surface area contributed by atoms with E-state index in [1.807, 2.05) is 36.4 Å². The zero-order valence-electron chi connectivity index (χ0n) is 13.2. The van der Waals surface area contributed by atoms with Gasteiger partial charge in [-0.2, -0.15) is 0 Å². The Bertz CT molecular complexity index is 738. The summed E-state index contributed by atoms with van der Waals surface area (Å²) in [5.41, 5.74) is 1.98. The number of rotatable bonds is 6. The van der Waals surface area contributed by atoms with Crippen molar-refractivity contribution in [2.75, 3.05) is 6.54 Å². The highest BCUT2D eigenvalue weighted by atomic mass is 16.5. The summed E-state index contributed by atoms with van der Waals surface area (Å²) in [6.07, 6.45) is 1.39. The molecule has 0 radical (unpaired) electrons. The third-order valence-corrected chi connectivity index (χ3v) is 4.36. The van der Waals surface area contributed by atoms with Gasteiger partial charge in [0.15, 0.2) is 0 Å². The van der Waals surface area contributed by atoms with Crippen molar-refractivity contribution in [2.24, 2.45) is 0 Å². The molecule has 124 valence electrons. The summed E-state index contributed by atoms with van der Waals surface area (Å²) in [6, 6.07) is 16.4. The number of hydrogen-bond acceptors (Lipinski definition) is 3. The largest absolute Gasteiger partial charge is 0.478 e. The van der Waals surface area contributed by atoms with Crippen LogP contribution in [-0.2, 0) is 16.8 Å². The first-order valence-electron chi connectivity index (χ1n) is 7.87. The summed E-state index contributed by atoms with van der Waals surface area (Å²) in [5, 5.41) is 11.9. The van der Waals surface area contributed by atoms with Gasteiger partial charge in [0.1, 0.15) is 6.61 Å². The lowest BCUT2D eigenvalue weighted by molar-refractivity contribution is 0.0696. The maximum absolute atomic E-state index is 11.9. The first kappa shape index (κ1) is 16.1. The Kier molecular flexibility index (Phi) is 4.51. The van der Waals surface area contributed by atoms with Crippen LogP contribution in [0.3, 0.4) is 0 Å². The maximum Gasteiger partial charge on any atom is 0.407 e. The summed E-state index contributed by atoms with van der Waals surface area (Å²) in [5.74, 6) is -0.942. The first-order valence-corrected chi connectivity index (χ1v) is 7.87. The fourth-order valence-corrected chi connectivity index (χ4v) is 2.72. The molecule has 2 N–H and O–H groups in total. The summed E-state index contributed by atoms with van der Waals surface area (Å²) >= 11 is 0. The molecule has 1 saturated carbocycles. The average Bonchev–Trinajstić information content (AvgIpc) is 3.40. The second-order valence-electron chi connectivity index (χ2n) is 6.08. The van der Waals surface area contributed by atoms with Crippen LogP contribution in [0.25, 0.3) is 0 Å². The summed E-state index contributed by atoms with van der Waals surface area (Å²) in [4.78, 5) is 23.0. The van der Waals surface area contributed by atoms with Gasteiger partial charge in [-0.25, -0.2) is 9.59 Å². The van der Waals surface area contributed by atoms with Crippen LogP contribution in [0.4, 0.5) is 4.79 Å². The molecule has 1 aliphatic carbocycles. The SMILES string of the molecule is O=C(NCC1(c2cccc(C(=O)O)c2)CC1)OCc1ccccc1. The van der Waals surface area contributed by atoms with Crippen LogP contribution < -0.4 is 5.32 Å². The average molecular weight is 325 g/mol. The topological polar surface area (TPSA) is 75.6 Å². The van der Waals surface area contributed by atoms with Gasteiger partial charge >= 0.3 is 12.1 Å². The Morgan fingerprint density at radius 3 is 2.50 bits per heavy atom. The fourth-order valence-electron chi connectivity index (χ4n) is 2.72. The van der Waals surface area contributed by atoms with Gasteiger partial charge in [0.2, 0.25) is 0 Å². The lowest BCUT2D eigenvalue weighted by Gasteiger charge is -2.17. The van der Waals surface area contributed by atoms with E-state index in [4.69, 9.17) is 9.84 Å². The summed E-state index contributed by atoms with van der Waals surface area (Å²) in [6.45, 7) is 0.678. The number of carbonyl (C=O) groups excluding carboxylic acids is 1. The van der Waals surface area contributed by atoms with Crippen LogP contribution in [0.2, 0.25) is 0 Å². The monoisotopic (exact) mass is 325 g/mol. The van der Waals surface area contributed by atoms with E-state index in [0.29, 0.717) is 6.54 Å². The van der Waals surface area contributed by atoms with E-state index in [1.54, 1.807) is 18.2 Å². The van der Waals surface area contributed by atoms with Crippen molar-refractivity contribution in [1.29, 1.82) is 0 Å². The Morgan fingerprint density at radius 2 is 1.83 bits per heavy atom. The summed E-state index contributed by atoms with van der Waals surface area (Å²) < 4.78 is 5.20. The van der Waals surface area contributed by atoms with Crippen LogP contribution in [0.5, 0.6) is 0 Å². The maximum atomic E-state index is 11.9. The number of carboxylic acids is 1. The van der Waals surface area contributed by atoms with Crippen LogP contribution in [0, 0.1) is 0 Å². The molecule has 5 nitrogen and oxygen atoms in total. The molecular formula is C19H19NO4. The second kappa shape index (κ2) is 6.74. The molecule has 1 fully saturated rings. The van der Waals surface area contributed by atoms with Crippen molar-refractivity contribution in [3.8, 4) is 0 Å². The van der Waals surface area contributed by atoms with Gasteiger partial charge in [0.05, 0.1) is 5.56 Å². The van der Waals surface area contributed by atoms with E-state index in [0.717, 1.165) is 24.0 Å². The molecule has 24 heavy (non-hydrogen) atoms. The minimum absolute atomic E-state index is 0.169. The zero-order chi connectivity index (χ0) is 17.0. The number of aromatic carboxylic acids is 1. The van der Waals surface area contributed by atoms with Crippen molar-refractivity contribution in [3.63, 3.8) is 0 Å². The molecule has 0 unspecified atom stereocenters. The molecule has 0 spiro atoms. The smallest absolute Gasteiger partial charge is 0.407 e. The van der Waals surface area contributed by atoms with Crippen LogP contribution >= 0.6 is 0 Å². The van der Waals surface area contributed by atoms with Crippen LogP contribution in [0.1, 0.15) is 34.3 Å². The summed E-state index contributed by atoms with van der Waals surface area (Å²) in [7, 11) is 0. The molecule has 0 saturated heterocycles. The van der Waals surface area contributed by atoms with Gasteiger partial charge in [-0.15, -0.1) is 0 Å². The van der Waals surface area contributed by atoms with Gasteiger partial charge in [-0.1, -0.05) is 42.5 Å². The number of carboxylic acid groups (broad SMARTS) is 1. The first-order chi connectivity index (χ1) is 11.6. The normalized spacial score (nSPS) is 14.7. The van der Waals surface area contributed by atoms with E-state index < -0.39 is 12.1 Å². The van der Waals surface area contributed by atoms with Crippen molar-refractivity contribution in [3.05, 3.63) is 71.3 Å². The van der Waals surface area contributed by atoms with Gasteiger partial charge in [-0.3, -0.25) is 0 Å². The van der Waals surface area contributed by atoms with Crippen molar-refractivity contribution < 1.29 is 19.4 Å². The Morgan fingerprint density at radius 1 is 1.08 bits per heavy atom. The van der Waals surface area contributed by atoms with Crippen LogP contribution in [-0.4, -0.2) is 23.7 Å². The molecule has 2 aromatic rings. The van der Waals surface area contributed by atoms with Gasteiger partial charge in [0, 0.05) is 12.0 Å². The van der Waals surface area contributed by atoms with E-state index in [-0.39, 0.29) is 17.6 Å². The molecule has 1 aliphatic rings. The minimum Gasteiger partial charge on any atom is -0.478 e. The third kappa shape index (κ3) is 3.74. The number of carbonyl (C=O) groups is 2. The number of alkyl carbamates (subject to hydrolysis) is 1. The predicted octanol–water partition coefficient (Wildman–Crippen LogP) is 3.34. The Labute approximate surface area is 140 Å². The van der Waals surface area contributed by atoms with E-state index in [1.165, 1.54) is 0 Å². The number of benzene rings is 2. The minimum atomic E-state index is -0.942. The quantitative estimate of drug-likeness (QED) is 0.854. The van der Waals surface area contributed by atoms with Gasteiger partial charge in [0.25, 0.3) is 0 Å². The second-order valence-corrected chi connectivity index (χ2v) is 6.08. The van der Waals surface area contributed by atoms with Crippen molar-refractivity contribution >= 4 is 12.1 Å². The highest BCUT2D eigenvalue weighted by Crippen LogP contribution is 2.47. The van der Waals surface area contributed by atoms with E-state index in [2.05, 4.69) is 5.32 Å². The third-order valence-electron chi connectivity index (χ3n) is 4.36. The molecule has 5 heteroatoms. The zero-order valence-corrected chi connectivity index (χ0v) is 13.2. The molecule has 0 heterocycles. The Balaban J connectivity index is 1.55. The Hall–Kier alpha value is -2.82. The van der Waals surface area contributed by atoms with Gasteiger partial charge < -0.3 is 15.2 Å². The highest BCUT2D eigenvalue weighted by molar-refractivity contribution is 5.87. The molecule has 1 amide bonds. The number of amides is 1. The highest BCUT2D eigenvalue weighted by Gasteiger charge is 2.44. The molecule has 0 aliphatic heterocycles. The van der Waals surface area contributed by atoms with Crippen molar-refractivity contribution in [1.82, 2.24) is 5.32 Å². The van der Waals surface area contributed by atoms with E-state index in [9.17, 15) is 9.59 Å². The fraction of sp³-hybridized carbons (Fsp3) is 0.263. The number of hydrogen-bond donors (Lipinski definition) is 2. The number of nitrogens with one attached hydrogen (secondary N) is 1. The lowest BCUT2D eigenvalue weighted by Crippen LogP contribution is -2.32. The lowest BCUT2D eigenvalue weighted by atomic mass is 9.94.